The Balaban J connectivity index is 1.74. The lowest BCUT2D eigenvalue weighted by Gasteiger charge is -2.10. The van der Waals surface area contributed by atoms with Crippen molar-refractivity contribution in [3.8, 4) is 0 Å². The van der Waals surface area contributed by atoms with E-state index in [-0.39, 0.29) is 5.91 Å². The molecule has 1 amide bonds. The molecule has 4 heteroatoms. The van der Waals surface area contributed by atoms with E-state index in [4.69, 9.17) is 0 Å². The van der Waals surface area contributed by atoms with E-state index in [1.807, 2.05) is 63.2 Å². The average molecular weight is 331 g/mol. The first-order valence-electron chi connectivity index (χ1n) is 8.18. The van der Waals surface area contributed by atoms with Crippen molar-refractivity contribution in [1.29, 1.82) is 0 Å². The van der Waals surface area contributed by atoms with Gasteiger partial charge >= 0.3 is 0 Å². The molecule has 2 aromatic carbocycles. The molecule has 3 aromatic rings. The fourth-order valence-electron chi connectivity index (χ4n) is 2.46. The van der Waals surface area contributed by atoms with Gasteiger partial charge in [-0.25, -0.2) is 0 Å². The molecule has 0 fully saturated rings. The fraction of sp³-hybridized carbons (Fsp3) is 0.143. The van der Waals surface area contributed by atoms with Crippen LogP contribution < -0.4 is 10.6 Å². The number of carbonyl (C=O) groups is 1. The lowest BCUT2D eigenvalue weighted by atomic mass is 10.1. The summed E-state index contributed by atoms with van der Waals surface area (Å²) in [6.45, 7) is 6.12. The number of aromatic nitrogens is 1. The number of hydrogen-bond acceptors (Lipinski definition) is 3. The maximum atomic E-state index is 12.5. The molecule has 1 heterocycles. The summed E-state index contributed by atoms with van der Waals surface area (Å²) in [5.41, 5.74) is 6.57. The van der Waals surface area contributed by atoms with E-state index in [1.54, 1.807) is 18.5 Å². The molecule has 0 radical (unpaired) electrons. The van der Waals surface area contributed by atoms with Crippen molar-refractivity contribution in [2.45, 2.75) is 20.8 Å². The van der Waals surface area contributed by atoms with E-state index in [9.17, 15) is 4.79 Å². The second-order valence-electron chi connectivity index (χ2n) is 6.21. The van der Waals surface area contributed by atoms with Crippen LogP contribution in [0.25, 0.3) is 0 Å². The first kappa shape index (κ1) is 16.7. The van der Waals surface area contributed by atoms with Crippen LogP contribution in [0.5, 0.6) is 0 Å². The van der Waals surface area contributed by atoms with Crippen molar-refractivity contribution in [1.82, 2.24) is 4.98 Å². The van der Waals surface area contributed by atoms with Gasteiger partial charge in [-0.1, -0.05) is 23.8 Å². The van der Waals surface area contributed by atoms with Crippen molar-refractivity contribution in [2.75, 3.05) is 10.6 Å². The lowest BCUT2D eigenvalue weighted by Crippen LogP contribution is -2.12. The number of benzene rings is 2. The third-order valence-electron chi connectivity index (χ3n) is 4.11. The van der Waals surface area contributed by atoms with Crippen LogP contribution in [-0.4, -0.2) is 10.9 Å². The minimum absolute atomic E-state index is 0.177. The molecule has 4 nitrogen and oxygen atoms in total. The Morgan fingerprint density at radius 3 is 2.24 bits per heavy atom. The molecule has 0 aliphatic carbocycles. The highest BCUT2D eigenvalue weighted by Gasteiger charge is 2.08. The van der Waals surface area contributed by atoms with Crippen LogP contribution in [0.2, 0.25) is 0 Å². The Bertz CT molecular complexity index is 901. The van der Waals surface area contributed by atoms with E-state index < -0.39 is 0 Å². The second-order valence-corrected chi connectivity index (χ2v) is 6.21. The molecule has 0 bridgehead atoms. The van der Waals surface area contributed by atoms with Gasteiger partial charge in [0.05, 0.1) is 17.4 Å². The first-order valence-corrected chi connectivity index (χ1v) is 8.18. The van der Waals surface area contributed by atoms with Crippen molar-refractivity contribution < 1.29 is 4.79 Å². The van der Waals surface area contributed by atoms with Crippen LogP contribution in [0, 0.1) is 20.8 Å². The third-order valence-corrected chi connectivity index (χ3v) is 4.11. The Morgan fingerprint density at radius 2 is 1.52 bits per heavy atom. The lowest BCUT2D eigenvalue weighted by molar-refractivity contribution is 0.102. The highest BCUT2D eigenvalue weighted by Crippen LogP contribution is 2.19. The molecule has 3 rings (SSSR count). The molecule has 0 aliphatic heterocycles. The predicted molar refractivity (Wildman–Crippen MR) is 103 cm³/mol. The summed E-state index contributed by atoms with van der Waals surface area (Å²) in [4.78, 5) is 16.7. The highest BCUT2D eigenvalue weighted by molar-refractivity contribution is 6.04. The smallest absolute Gasteiger partial charge is 0.257 e. The zero-order chi connectivity index (χ0) is 17.8. The highest BCUT2D eigenvalue weighted by atomic mass is 16.1. The predicted octanol–water partition coefficient (Wildman–Crippen LogP) is 5.00. The van der Waals surface area contributed by atoms with Gasteiger partial charge in [0.15, 0.2) is 0 Å². The molecule has 0 unspecified atom stereocenters. The molecular weight excluding hydrogens is 310 g/mol. The first-order chi connectivity index (χ1) is 12.0. The van der Waals surface area contributed by atoms with Crippen molar-refractivity contribution in [3.63, 3.8) is 0 Å². The summed E-state index contributed by atoms with van der Waals surface area (Å²) in [5, 5.41) is 6.18. The number of amides is 1. The van der Waals surface area contributed by atoms with Crippen LogP contribution in [0.3, 0.4) is 0 Å². The molecule has 0 atom stereocenters. The maximum absolute atomic E-state index is 12.5. The molecule has 0 saturated carbocycles. The van der Waals surface area contributed by atoms with Gasteiger partial charge in [-0.15, -0.1) is 0 Å². The topological polar surface area (TPSA) is 54.0 Å². The van der Waals surface area contributed by atoms with Gasteiger partial charge < -0.3 is 10.6 Å². The van der Waals surface area contributed by atoms with Crippen molar-refractivity contribution >= 4 is 23.0 Å². The van der Waals surface area contributed by atoms with Crippen LogP contribution >= 0.6 is 0 Å². The van der Waals surface area contributed by atoms with Crippen LogP contribution in [-0.2, 0) is 0 Å². The Kier molecular flexibility index (Phi) is 4.80. The van der Waals surface area contributed by atoms with Crippen LogP contribution in [0.1, 0.15) is 27.0 Å². The molecule has 25 heavy (non-hydrogen) atoms. The van der Waals surface area contributed by atoms with Gasteiger partial charge in [-0.2, -0.15) is 0 Å². The Morgan fingerprint density at radius 1 is 0.800 bits per heavy atom. The van der Waals surface area contributed by atoms with Crippen LogP contribution in [0.4, 0.5) is 17.1 Å². The van der Waals surface area contributed by atoms with E-state index in [0.717, 1.165) is 22.6 Å². The van der Waals surface area contributed by atoms with Crippen LogP contribution in [0.15, 0.2) is 60.9 Å². The zero-order valence-corrected chi connectivity index (χ0v) is 14.6. The van der Waals surface area contributed by atoms with Gasteiger partial charge in [0.2, 0.25) is 0 Å². The van der Waals surface area contributed by atoms with Gasteiger partial charge in [0, 0.05) is 17.6 Å². The summed E-state index contributed by atoms with van der Waals surface area (Å²) >= 11 is 0. The van der Waals surface area contributed by atoms with Crippen molar-refractivity contribution in [2.24, 2.45) is 0 Å². The van der Waals surface area contributed by atoms with Gasteiger partial charge in [0.25, 0.3) is 5.91 Å². The minimum atomic E-state index is -0.177. The summed E-state index contributed by atoms with van der Waals surface area (Å²) < 4.78 is 0. The normalized spacial score (nSPS) is 10.4. The van der Waals surface area contributed by atoms with E-state index in [0.29, 0.717) is 5.56 Å². The quantitative estimate of drug-likeness (QED) is 0.707. The number of nitrogens with zero attached hydrogens (tertiary/aromatic N) is 1. The molecule has 0 saturated heterocycles. The molecule has 1 aromatic heterocycles. The molecule has 0 aliphatic rings. The van der Waals surface area contributed by atoms with Gasteiger partial charge in [-0.3, -0.25) is 9.78 Å². The van der Waals surface area contributed by atoms with E-state index in [1.165, 1.54) is 11.1 Å². The van der Waals surface area contributed by atoms with E-state index in [2.05, 4.69) is 15.6 Å². The number of aryl methyl sites for hydroxylation is 3. The standard InChI is InChI=1S/C21H21N3O/c1-14-4-7-18(8-5-14)23-20-11-17(12-22-13-20)21(25)24-19-9-6-15(2)16(3)10-19/h4-13,23H,1-3H3,(H,24,25). The summed E-state index contributed by atoms with van der Waals surface area (Å²) in [7, 11) is 0. The number of carbonyl (C=O) groups excluding carboxylic acids is 1. The summed E-state index contributed by atoms with van der Waals surface area (Å²) in [5.74, 6) is -0.177. The van der Waals surface area contributed by atoms with Crippen molar-refractivity contribution in [3.05, 3.63) is 83.2 Å². The summed E-state index contributed by atoms with van der Waals surface area (Å²) in [6.07, 6.45) is 3.27. The fourth-order valence-corrected chi connectivity index (χ4v) is 2.46. The molecule has 126 valence electrons. The van der Waals surface area contributed by atoms with E-state index >= 15 is 0 Å². The van der Waals surface area contributed by atoms with Gasteiger partial charge in [0.1, 0.15) is 0 Å². The second kappa shape index (κ2) is 7.18. The number of hydrogen-bond donors (Lipinski definition) is 2. The Labute approximate surface area is 147 Å². The van der Waals surface area contributed by atoms with Gasteiger partial charge in [-0.05, 0) is 62.2 Å². The third kappa shape index (κ3) is 4.23. The monoisotopic (exact) mass is 331 g/mol. The maximum Gasteiger partial charge on any atom is 0.257 e. The minimum Gasteiger partial charge on any atom is -0.354 e. The molecule has 2 N–H and O–H groups in total. The molecule has 0 spiro atoms. The number of rotatable bonds is 4. The zero-order valence-electron chi connectivity index (χ0n) is 14.6. The SMILES string of the molecule is Cc1ccc(Nc2cncc(C(=O)Nc3ccc(C)c(C)c3)c2)cc1. The summed E-state index contributed by atoms with van der Waals surface area (Å²) in [6, 6.07) is 15.7. The molecular formula is C21H21N3O. The number of pyridine rings is 1. The Hall–Kier alpha value is -3.14. The number of nitrogens with one attached hydrogen (secondary N) is 2. The number of anilines is 3. The average Bonchev–Trinajstić information content (AvgIpc) is 2.60. The largest absolute Gasteiger partial charge is 0.354 e.